The number of amides is 2. The fraction of sp³-hybridized carbons (Fsp3) is 0.222. The van der Waals surface area contributed by atoms with Gasteiger partial charge in [0.25, 0.3) is 0 Å². The average Bonchev–Trinajstić information content (AvgIpc) is 2.84. The summed E-state index contributed by atoms with van der Waals surface area (Å²) in [7, 11) is 0. The van der Waals surface area contributed by atoms with Crippen molar-refractivity contribution in [3.63, 3.8) is 0 Å². The van der Waals surface area contributed by atoms with Crippen molar-refractivity contribution in [1.29, 1.82) is 0 Å². The Balaban J connectivity index is 1.77. The molecule has 6 nitrogen and oxygen atoms in total. The second-order valence-electron chi connectivity index (χ2n) is 7.83. The number of rotatable bonds is 10. The summed E-state index contributed by atoms with van der Waals surface area (Å²) in [6, 6.07) is 22.8. The van der Waals surface area contributed by atoms with Gasteiger partial charge in [-0.05, 0) is 54.3 Å². The third-order valence-corrected chi connectivity index (χ3v) is 6.55. The summed E-state index contributed by atoms with van der Waals surface area (Å²) in [5, 5.41) is 14.1. The summed E-state index contributed by atoms with van der Waals surface area (Å²) >= 11 is 1.43. The van der Waals surface area contributed by atoms with Crippen molar-refractivity contribution in [3.05, 3.63) is 89.5 Å². The first-order chi connectivity index (χ1) is 16.4. The van der Waals surface area contributed by atoms with Crippen LogP contribution < -0.4 is 10.6 Å². The van der Waals surface area contributed by atoms with E-state index in [1.54, 1.807) is 12.1 Å². The van der Waals surface area contributed by atoms with Gasteiger partial charge < -0.3 is 15.7 Å². The van der Waals surface area contributed by atoms with E-state index in [1.165, 1.54) is 11.8 Å². The van der Waals surface area contributed by atoms with Crippen LogP contribution in [0.3, 0.4) is 0 Å². The number of hydrogen-bond acceptors (Lipinski definition) is 4. The highest BCUT2D eigenvalue weighted by Crippen LogP contribution is 2.37. The van der Waals surface area contributed by atoms with Crippen molar-refractivity contribution in [1.82, 2.24) is 0 Å². The van der Waals surface area contributed by atoms with Gasteiger partial charge in [0.2, 0.25) is 11.8 Å². The van der Waals surface area contributed by atoms with Crippen LogP contribution in [0.1, 0.15) is 41.7 Å². The Bertz CT molecular complexity index is 1150. The largest absolute Gasteiger partial charge is 0.481 e. The highest BCUT2D eigenvalue weighted by atomic mass is 32.2. The molecule has 176 valence electrons. The van der Waals surface area contributed by atoms with Crippen LogP contribution in [0.4, 0.5) is 11.4 Å². The number of carbonyl (C=O) groups excluding carboxylic acids is 2. The van der Waals surface area contributed by atoms with E-state index in [-0.39, 0.29) is 24.7 Å². The monoisotopic (exact) mass is 476 g/mol. The van der Waals surface area contributed by atoms with Crippen LogP contribution in [0, 0.1) is 6.92 Å². The van der Waals surface area contributed by atoms with Crippen LogP contribution in [0.15, 0.2) is 77.7 Å². The first kappa shape index (κ1) is 25.1. The average molecular weight is 477 g/mol. The number of hydrogen-bond donors (Lipinski definition) is 3. The lowest BCUT2D eigenvalue weighted by Gasteiger charge is -2.20. The van der Waals surface area contributed by atoms with Gasteiger partial charge in [-0.15, -0.1) is 11.8 Å². The summed E-state index contributed by atoms with van der Waals surface area (Å²) in [4.78, 5) is 36.8. The molecule has 0 saturated heterocycles. The first-order valence-corrected chi connectivity index (χ1v) is 12.0. The molecule has 2 amide bonds. The van der Waals surface area contributed by atoms with Crippen LogP contribution in [0.25, 0.3) is 0 Å². The van der Waals surface area contributed by atoms with Crippen LogP contribution >= 0.6 is 11.8 Å². The molecular weight excluding hydrogens is 448 g/mol. The van der Waals surface area contributed by atoms with Gasteiger partial charge in [0.1, 0.15) is 5.25 Å². The van der Waals surface area contributed by atoms with E-state index in [0.29, 0.717) is 5.69 Å². The molecule has 3 rings (SSSR count). The predicted molar refractivity (Wildman–Crippen MR) is 136 cm³/mol. The molecule has 3 aromatic carbocycles. The van der Waals surface area contributed by atoms with Gasteiger partial charge in [-0.1, -0.05) is 55.5 Å². The molecule has 0 bridgehead atoms. The second-order valence-corrected chi connectivity index (χ2v) is 9.01. The summed E-state index contributed by atoms with van der Waals surface area (Å²) in [6.07, 6.45) is 0.523. The smallest absolute Gasteiger partial charge is 0.303 e. The minimum absolute atomic E-state index is 0.0826. The van der Waals surface area contributed by atoms with E-state index in [0.717, 1.165) is 33.7 Å². The van der Waals surface area contributed by atoms with Crippen LogP contribution in [-0.4, -0.2) is 22.9 Å². The number of aliphatic carboxylic acids is 1. The van der Waals surface area contributed by atoms with E-state index in [9.17, 15) is 14.4 Å². The molecule has 1 unspecified atom stereocenters. The predicted octanol–water partition coefficient (Wildman–Crippen LogP) is 5.83. The maximum atomic E-state index is 13.4. The molecule has 0 radical (unpaired) electrons. The maximum absolute atomic E-state index is 13.4. The Labute approximate surface area is 203 Å². The van der Waals surface area contributed by atoms with Gasteiger partial charge in [0.05, 0.1) is 6.42 Å². The van der Waals surface area contributed by atoms with E-state index in [2.05, 4.69) is 17.6 Å². The van der Waals surface area contributed by atoms with Gasteiger partial charge >= 0.3 is 5.97 Å². The molecule has 0 fully saturated rings. The lowest BCUT2D eigenvalue weighted by Crippen LogP contribution is -2.20. The molecule has 0 heterocycles. The quantitative estimate of drug-likeness (QED) is 0.320. The Morgan fingerprint density at radius 2 is 1.59 bits per heavy atom. The molecule has 0 aliphatic carbocycles. The number of anilines is 2. The number of carboxylic acids is 1. The summed E-state index contributed by atoms with van der Waals surface area (Å²) in [5.41, 5.74) is 4.44. The Kier molecular flexibility index (Phi) is 8.87. The molecule has 7 heteroatoms. The van der Waals surface area contributed by atoms with Crippen LogP contribution in [0.5, 0.6) is 0 Å². The summed E-state index contributed by atoms with van der Waals surface area (Å²) in [5.74, 6) is -1.47. The molecule has 0 aromatic heterocycles. The lowest BCUT2D eigenvalue weighted by atomic mass is 10.1. The van der Waals surface area contributed by atoms with E-state index >= 15 is 0 Å². The highest BCUT2D eigenvalue weighted by Gasteiger charge is 2.23. The number of carbonyl (C=O) groups is 3. The second kappa shape index (κ2) is 12.0. The topological polar surface area (TPSA) is 95.5 Å². The molecule has 0 saturated carbocycles. The SMILES string of the molecule is CCc1cccc(C)c1NC(=O)C(Sc1ccc(NC(=O)CCC(=O)O)cc1)c1ccccc1. The zero-order valence-electron chi connectivity index (χ0n) is 19.2. The number of benzene rings is 3. The molecule has 1 atom stereocenters. The van der Waals surface area contributed by atoms with Crippen molar-refractivity contribution in [3.8, 4) is 0 Å². The fourth-order valence-electron chi connectivity index (χ4n) is 3.49. The molecule has 0 aliphatic heterocycles. The van der Waals surface area contributed by atoms with Crippen molar-refractivity contribution in [2.75, 3.05) is 10.6 Å². The molecule has 0 spiro atoms. The maximum Gasteiger partial charge on any atom is 0.303 e. The number of nitrogens with one attached hydrogen (secondary N) is 2. The van der Waals surface area contributed by atoms with Crippen molar-refractivity contribution in [2.45, 2.75) is 43.3 Å². The molecule has 3 aromatic rings. The van der Waals surface area contributed by atoms with Crippen molar-refractivity contribution in [2.24, 2.45) is 0 Å². The van der Waals surface area contributed by atoms with E-state index < -0.39 is 11.2 Å². The molecular formula is C27H28N2O4S. The standard InChI is InChI=1S/C27H28N2O4S/c1-3-19-11-7-8-18(2)25(19)29-27(33)26(20-9-5-4-6-10-20)34-22-14-12-21(13-15-22)28-23(30)16-17-24(31)32/h4-15,26H,3,16-17H2,1-2H3,(H,28,30)(H,29,33)(H,31,32). The van der Waals surface area contributed by atoms with E-state index in [4.69, 9.17) is 5.11 Å². The lowest BCUT2D eigenvalue weighted by molar-refractivity contribution is -0.138. The minimum atomic E-state index is -1.01. The minimum Gasteiger partial charge on any atom is -0.481 e. The van der Waals surface area contributed by atoms with Gasteiger partial charge in [-0.2, -0.15) is 0 Å². The van der Waals surface area contributed by atoms with Crippen LogP contribution in [-0.2, 0) is 20.8 Å². The van der Waals surface area contributed by atoms with Crippen LogP contribution in [0.2, 0.25) is 0 Å². The normalized spacial score (nSPS) is 11.5. The fourth-order valence-corrected chi connectivity index (χ4v) is 4.51. The third-order valence-electron chi connectivity index (χ3n) is 5.29. The van der Waals surface area contributed by atoms with Crippen molar-refractivity contribution < 1.29 is 19.5 Å². The van der Waals surface area contributed by atoms with Gasteiger partial charge in [-0.3, -0.25) is 14.4 Å². The number of carboxylic acid groups (broad SMARTS) is 1. The zero-order valence-corrected chi connectivity index (χ0v) is 20.0. The molecule has 34 heavy (non-hydrogen) atoms. The Morgan fingerprint density at radius 1 is 0.882 bits per heavy atom. The van der Waals surface area contributed by atoms with Gasteiger partial charge in [-0.25, -0.2) is 0 Å². The Morgan fingerprint density at radius 3 is 2.24 bits per heavy atom. The number of thioether (sulfide) groups is 1. The zero-order chi connectivity index (χ0) is 24.5. The number of para-hydroxylation sites is 1. The summed E-state index contributed by atoms with van der Waals surface area (Å²) in [6.45, 7) is 4.05. The molecule has 3 N–H and O–H groups in total. The van der Waals surface area contributed by atoms with Gasteiger partial charge in [0.15, 0.2) is 0 Å². The first-order valence-electron chi connectivity index (χ1n) is 11.1. The Hall–Kier alpha value is -3.58. The molecule has 0 aliphatic rings. The third kappa shape index (κ3) is 6.96. The van der Waals surface area contributed by atoms with Crippen molar-refractivity contribution >= 4 is 40.9 Å². The highest BCUT2D eigenvalue weighted by molar-refractivity contribution is 8.00. The number of aryl methyl sites for hydroxylation is 2. The summed E-state index contributed by atoms with van der Waals surface area (Å²) < 4.78 is 0. The van der Waals surface area contributed by atoms with E-state index in [1.807, 2.05) is 67.6 Å². The van der Waals surface area contributed by atoms with Gasteiger partial charge in [0, 0.05) is 22.7 Å².